The summed E-state index contributed by atoms with van der Waals surface area (Å²) in [4.78, 5) is 63.7. The van der Waals surface area contributed by atoms with Crippen molar-refractivity contribution in [2.24, 2.45) is 0 Å². The molecule has 1 saturated heterocycles. The summed E-state index contributed by atoms with van der Waals surface area (Å²) >= 11 is 0. The van der Waals surface area contributed by atoms with Crippen molar-refractivity contribution >= 4 is 29.8 Å². The summed E-state index contributed by atoms with van der Waals surface area (Å²) in [5, 5.41) is 37.2. The van der Waals surface area contributed by atoms with Gasteiger partial charge >= 0.3 is 29.8 Å². The van der Waals surface area contributed by atoms with Crippen LogP contribution in [0, 0.1) is 0 Å². The standard InChI is InChI=1S/C20H34N4O10/c1-34-20(33)3-2-15-10-23(13-18(29)30)7-6-21(11-16(25)26)4-5-22(12-17(27)28)8-9-24(15)14-19(31)32/h15H,2-14H2,1H3,(H,25,26)(H,27,28)(H,29,30)(H,31,32). The van der Waals surface area contributed by atoms with Crippen LogP contribution in [0.4, 0.5) is 0 Å². The van der Waals surface area contributed by atoms with Gasteiger partial charge in [0.25, 0.3) is 0 Å². The molecule has 1 aliphatic rings. The molecule has 1 rings (SSSR count). The molecule has 14 nitrogen and oxygen atoms in total. The Labute approximate surface area is 197 Å². The van der Waals surface area contributed by atoms with E-state index in [0.29, 0.717) is 0 Å². The second kappa shape index (κ2) is 15.2. The van der Waals surface area contributed by atoms with Crippen LogP contribution >= 0.6 is 0 Å². The van der Waals surface area contributed by atoms with Gasteiger partial charge in [-0.15, -0.1) is 0 Å². The Morgan fingerprint density at radius 1 is 0.676 bits per heavy atom. The predicted molar refractivity (Wildman–Crippen MR) is 116 cm³/mol. The predicted octanol–water partition coefficient (Wildman–Crippen LogP) is -2.13. The highest BCUT2D eigenvalue weighted by Gasteiger charge is 2.27. The molecule has 1 fully saturated rings. The minimum Gasteiger partial charge on any atom is -0.480 e. The first kappa shape index (κ1) is 29.2. The first-order valence-corrected chi connectivity index (χ1v) is 10.8. The van der Waals surface area contributed by atoms with Crippen LogP contribution in [0.1, 0.15) is 12.8 Å². The number of ether oxygens (including phenoxy) is 1. The van der Waals surface area contributed by atoms with E-state index in [1.54, 1.807) is 19.6 Å². The van der Waals surface area contributed by atoms with E-state index in [4.69, 9.17) is 0 Å². The molecule has 14 heteroatoms. The minimum atomic E-state index is -1.11. The maximum Gasteiger partial charge on any atom is 0.317 e. The van der Waals surface area contributed by atoms with Gasteiger partial charge < -0.3 is 25.2 Å². The number of methoxy groups -OCH3 is 1. The van der Waals surface area contributed by atoms with Crippen LogP contribution in [0.5, 0.6) is 0 Å². The second-order valence-corrected chi connectivity index (χ2v) is 8.10. The summed E-state index contributed by atoms with van der Waals surface area (Å²) in [5.74, 6) is -4.84. The van der Waals surface area contributed by atoms with Crippen molar-refractivity contribution in [2.75, 3.05) is 79.1 Å². The number of carbonyl (C=O) groups excluding carboxylic acids is 1. The largest absolute Gasteiger partial charge is 0.480 e. The molecule has 34 heavy (non-hydrogen) atoms. The van der Waals surface area contributed by atoms with Gasteiger partial charge in [-0.05, 0) is 6.42 Å². The SMILES string of the molecule is COC(=O)CCC1CN(CC(=O)O)CCN(CC(=O)O)CCN(CC(=O)O)CCN1CC(=O)O. The Morgan fingerprint density at radius 2 is 1.09 bits per heavy atom. The molecule has 0 bridgehead atoms. The smallest absolute Gasteiger partial charge is 0.317 e. The molecule has 0 aliphatic carbocycles. The second-order valence-electron chi connectivity index (χ2n) is 8.10. The third-order valence-electron chi connectivity index (χ3n) is 5.48. The van der Waals surface area contributed by atoms with Crippen molar-refractivity contribution < 1.29 is 49.1 Å². The summed E-state index contributed by atoms with van der Waals surface area (Å²) in [7, 11) is 1.23. The Balaban J connectivity index is 3.23. The van der Waals surface area contributed by atoms with Crippen molar-refractivity contribution in [3.63, 3.8) is 0 Å². The zero-order valence-electron chi connectivity index (χ0n) is 19.3. The Bertz CT molecular complexity index is 719. The summed E-state index contributed by atoms with van der Waals surface area (Å²) < 4.78 is 4.68. The first-order chi connectivity index (χ1) is 16.0. The third kappa shape index (κ3) is 12.4. The lowest BCUT2D eigenvalue weighted by Crippen LogP contribution is -2.53. The molecule has 1 heterocycles. The fraction of sp³-hybridized carbons (Fsp3) is 0.750. The average Bonchev–Trinajstić information content (AvgIpc) is 2.72. The van der Waals surface area contributed by atoms with Crippen molar-refractivity contribution in [2.45, 2.75) is 18.9 Å². The van der Waals surface area contributed by atoms with Gasteiger partial charge in [-0.1, -0.05) is 0 Å². The minimum absolute atomic E-state index is 0.0117. The molecule has 1 aliphatic heterocycles. The van der Waals surface area contributed by atoms with E-state index in [-0.39, 0.29) is 84.8 Å². The Hall–Kier alpha value is -2.81. The van der Waals surface area contributed by atoms with Crippen LogP contribution < -0.4 is 0 Å². The number of nitrogens with zero attached hydrogens (tertiary/aromatic N) is 4. The average molecular weight is 491 g/mol. The quantitative estimate of drug-likeness (QED) is 0.230. The highest BCUT2D eigenvalue weighted by atomic mass is 16.5. The molecule has 0 saturated carbocycles. The van der Waals surface area contributed by atoms with E-state index in [1.165, 1.54) is 7.11 Å². The van der Waals surface area contributed by atoms with E-state index in [9.17, 15) is 44.4 Å². The normalized spacial score (nSPS) is 20.1. The lowest BCUT2D eigenvalue weighted by molar-refractivity contribution is -0.143. The van der Waals surface area contributed by atoms with Gasteiger partial charge in [-0.3, -0.25) is 43.6 Å². The van der Waals surface area contributed by atoms with Gasteiger partial charge in [-0.2, -0.15) is 0 Å². The number of rotatable bonds is 11. The number of esters is 1. The van der Waals surface area contributed by atoms with Crippen LogP contribution in [0.25, 0.3) is 0 Å². The van der Waals surface area contributed by atoms with Gasteiger partial charge in [0.2, 0.25) is 0 Å². The third-order valence-corrected chi connectivity index (χ3v) is 5.48. The zero-order valence-corrected chi connectivity index (χ0v) is 19.3. The number of carbonyl (C=O) groups is 5. The summed E-state index contributed by atoms with van der Waals surface area (Å²) in [6.45, 7) is 0.0174. The molecule has 4 N–H and O–H groups in total. The molecule has 1 atom stereocenters. The van der Waals surface area contributed by atoms with Gasteiger partial charge in [0.05, 0.1) is 33.3 Å². The van der Waals surface area contributed by atoms with Crippen LogP contribution in [-0.4, -0.2) is 155 Å². The lowest BCUT2D eigenvalue weighted by Gasteiger charge is -2.37. The molecule has 1 unspecified atom stereocenters. The number of hydrogen-bond donors (Lipinski definition) is 4. The lowest BCUT2D eigenvalue weighted by atomic mass is 10.1. The number of carboxylic acids is 4. The topological polar surface area (TPSA) is 188 Å². The van der Waals surface area contributed by atoms with Gasteiger partial charge in [0.1, 0.15) is 0 Å². The molecular weight excluding hydrogens is 456 g/mol. The molecule has 0 aromatic heterocycles. The van der Waals surface area contributed by atoms with E-state index >= 15 is 0 Å². The number of hydrogen-bond acceptors (Lipinski definition) is 10. The fourth-order valence-electron chi connectivity index (χ4n) is 3.82. The van der Waals surface area contributed by atoms with E-state index < -0.39 is 35.9 Å². The molecule has 0 spiro atoms. The summed E-state index contributed by atoms with van der Waals surface area (Å²) in [6, 6.07) is -0.534. The van der Waals surface area contributed by atoms with Gasteiger partial charge in [0, 0.05) is 58.3 Å². The molecule has 0 radical (unpaired) electrons. The van der Waals surface area contributed by atoms with Gasteiger partial charge in [-0.25, -0.2) is 0 Å². The van der Waals surface area contributed by atoms with Crippen molar-refractivity contribution in [3.05, 3.63) is 0 Å². The monoisotopic (exact) mass is 490 g/mol. The fourth-order valence-corrected chi connectivity index (χ4v) is 3.82. The van der Waals surface area contributed by atoms with E-state index in [2.05, 4.69) is 4.74 Å². The molecule has 0 aromatic carbocycles. The van der Waals surface area contributed by atoms with E-state index in [0.717, 1.165) is 0 Å². The maximum absolute atomic E-state index is 11.7. The Morgan fingerprint density at radius 3 is 1.53 bits per heavy atom. The Kier molecular flexibility index (Phi) is 13.0. The van der Waals surface area contributed by atoms with E-state index in [1.807, 2.05) is 0 Å². The number of carboxylic acid groups (broad SMARTS) is 4. The van der Waals surface area contributed by atoms with Crippen molar-refractivity contribution in [1.29, 1.82) is 0 Å². The van der Waals surface area contributed by atoms with Gasteiger partial charge in [0.15, 0.2) is 0 Å². The first-order valence-electron chi connectivity index (χ1n) is 10.8. The zero-order chi connectivity index (χ0) is 25.7. The maximum atomic E-state index is 11.7. The summed E-state index contributed by atoms with van der Waals surface area (Å²) in [5.41, 5.74) is 0. The van der Waals surface area contributed by atoms with Crippen LogP contribution in [0.15, 0.2) is 0 Å². The van der Waals surface area contributed by atoms with Crippen LogP contribution in [0.3, 0.4) is 0 Å². The van der Waals surface area contributed by atoms with Crippen LogP contribution in [0.2, 0.25) is 0 Å². The van der Waals surface area contributed by atoms with Crippen LogP contribution in [-0.2, 0) is 28.7 Å². The molecule has 194 valence electrons. The highest BCUT2D eigenvalue weighted by Crippen LogP contribution is 2.12. The molecular formula is C20H34N4O10. The van der Waals surface area contributed by atoms with Crippen molar-refractivity contribution in [3.8, 4) is 0 Å². The highest BCUT2D eigenvalue weighted by molar-refractivity contribution is 5.71. The molecule has 0 amide bonds. The molecule has 0 aromatic rings. The summed E-state index contributed by atoms with van der Waals surface area (Å²) in [6.07, 6.45) is 0.190. The number of aliphatic carboxylic acids is 4. The van der Waals surface area contributed by atoms with Crippen molar-refractivity contribution in [1.82, 2.24) is 19.6 Å².